The van der Waals surface area contributed by atoms with E-state index >= 15 is 0 Å². The van der Waals surface area contributed by atoms with Gasteiger partial charge in [-0.15, -0.1) is 0 Å². The molecule has 1 fully saturated rings. The SMILES string of the molecule is CCCNc1nc(C2CC2)nc2c1CSC2. The average Bonchev–Trinajstić information content (AvgIpc) is 3.04. The summed E-state index contributed by atoms with van der Waals surface area (Å²) in [6.45, 7) is 3.20. The minimum absolute atomic E-state index is 0.651. The van der Waals surface area contributed by atoms with E-state index in [4.69, 9.17) is 9.97 Å². The van der Waals surface area contributed by atoms with Crippen LogP contribution in [0, 0.1) is 0 Å². The first kappa shape index (κ1) is 10.4. The first-order chi connectivity index (χ1) is 7.88. The van der Waals surface area contributed by atoms with Gasteiger partial charge in [0, 0.05) is 29.5 Å². The highest BCUT2D eigenvalue weighted by atomic mass is 32.2. The first-order valence-corrected chi connectivity index (χ1v) is 7.25. The van der Waals surface area contributed by atoms with Gasteiger partial charge in [0.1, 0.15) is 11.6 Å². The molecular formula is C12H17N3S. The fraction of sp³-hybridized carbons (Fsp3) is 0.667. The van der Waals surface area contributed by atoms with Crippen LogP contribution in [0.4, 0.5) is 5.82 Å². The predicted molar refractivity (Wildman–Crippen MR) is 67.8 cm³/mol. The summed E-state index contributed by atoms with van der Waals surface area (Å²) >= 11 is 1.95. The molecule has 1 aromatic heterocycles. The molecule has 0 spiro atoms. The number of thioether (sulfide) groups is 1. The van der Waals surface area contributed by atoms with Gasteiger partial charge < -0.3 is 5.32 Å². The molecule has 16 heavy (non-hydrogen) atoms. The molecule has 0 saturated heterocycles. The quantitative estimate of drug-likeness (QED) is 0.870. The van der Waals surface area contributed by atoms with E-state index in [2.05, 4.69) is 12.2 Å². The third-order valence-electron chi connectivity index (χ3n) is 3.08. The molecule has 4 heteroatoms. The van der Waals surface area contributed by atoms with Crippen LogP contribution in [0.2, 0.25) is 0 Å². The zero-order valence-corrected chi connectivity index (χ0v) is 10.4. The van der Waals surface area contributed by atoms with Crippen LogP contribution in [0.5, 0.6) is 0 Å². The maximum atomic E-state index is 4.71. The average molecular weight is 235 g/mol. The number of anilines is 1. The van der Waals surface area contributed by atoms with Gasteiger partial charge in [0.05, 0.1) is 5.69 Å². The molecule has 0 radical (unpaired) electrons. The zero-order valence-electron chi connectivity index (χ0n) is 9.62. The Morgan fingerprint density at radius 2 is 2.19 bits per heavy atom. The molecule has 1 aliphatic carbocycles. The van der Waals surface area contributed by atoms with E-state index in [0.29, 0.717) is 5.92 Å². The highest BCUT2D eigenvalue weighted by Crippen LogP contribution is 2.41. The van der Waals surface area contributed by atoms with E-state index in [0.717, 1.165) is 36.1 Å². The van der Waals surface area contributed by atoms with E-state index in [9.17, 15) is 0 Å². The molecule has 0 unspecified atom stereocenters. The predicted octanol–water partition coefficient (Wildman–Crippen LogP) is 2.92. The van der Waals surface area contributed by atoms with Gasteiger partial charge in [0.2, 0.25) is 0 Å². The van der Waals surface area contributed by atoms with Gasteiger partial charge in [-0.25, -0.2) is 9.97 Å². The van der Waals surface area contributed by atoms with Crippen LogP contribution in [-0.4, -0.2) is 16.5 Å². The van der Waals surface area contributed by atoms with Crippen molar-refractivity contribution in [3.8, 4) is 0 Å². The van der Waals surface area contributed by atoms with Gasteiger partial charge in [-0.1, -0.05) is 6.92 Å². The van der Waals surface area contributed by atoms with Crippen LogP contribution in [0.3, 0.4) is 0 Å². The molecule has 2 aliphatic rings. The van der Waals surface area contributed by atoms with Gasteiger partial charge in [-0.3, -0.25) is 0 Å². The number of aromatic nitrogens is 2. The Morgan fingerprint density at radius 1 is 1.31 bits per heavy atom. The third-order valence-corrected chi connectivity index (χ3v) is 4.05. The van der Waals surface area contributed by atoms with Crippen molar-refractivity contribution in [3.05, 3.63) is 17.1 Å². The van der Waals surface area contributed by atoms with Crippen molar-refractivity contribution in [2.24, 2.45) is 0 Å². The lowest BCUT2D eigenvalue weighted by atomic mass is 10.2. The summed E-state index contributed by atoms with van der Waals surface area (Å²) in [6.07, 6.45) is 3.70. The van der Waals surface area contributed by atoms with Crippen molar-refractivity contribution in [1.82, 2.24) is 9.97 Å². The van der Waals surface area contributed by atoms with Gasteiger partial charge in [0.25, 0.3) is 0 Å². The lowest BCUT2D eigenvalue weighted by Gasteiger charge is -2.10. The van der Waals surface area contributed by atoms with Crippen molar-refractivity contribution in [2.75, 3.05) is 11.9 Å². The molecule has 3 rings (SSSR count). The van der Waals surface area contributed by atoms with Crippen molar-refractivity contribution in [2.45, 2.75) is 43.6 Å². The molecule has 1 aliphatic heterocycles. The van der Waals surface area contributed by atoms with E-state index in [1.54, 1.807) is 0 Å². The summed E-state index contributed by atoms with van der Waals surface area (Å²) in [4.78, 5) is 9.42. The maximum absolute atomic E-state index is 4.71. The smallest absolute Gasteiger partial charge is 0.134 e. The Hall–Kier alpha value is -0.770. The molecule has 2 heterocycles. The first-order valence-electron chi connectivity index (χ1n) is 6.09. The largest absolute Gasteiger partial charge is 0.370 e. The zero-order chi connectivity index (χ0) is 11.0. The second-order valence-corrected chi connectivity index (χ2v) is 5.54. The van der Waals surface area contributed by atoms with Crippen LogP contribution in [0.25, 0.3) is 0 Å². The van der Waals surface area contributed by atoms with Crippen molar-refractivity contribution in [3.63, 3.8) is 0 Å². The van der Waals surface area contributed by atoms with E-state index in [-0.39, 0.29) is 0 Å². The highest BCUT2D eigenvalue weighted by molar-refractivity contribution is 7.98. The van der Waals surface area contributed by atoms with Crippen LogP contribution in [0.15, 0.2) is 0 Å². The normalized spacial score (nSPS) is 18.6. The Labute approximate surface area is 100 Å². The van der Waals surface area contributed by atoms with Crippen LogP contribution in [0.1, 0.15) is 49.2 Å². The van der Waals surface area contributed by atoms with Crippen molar-refractivity contribution >= 4 is 17.6 Å². The molecule has 1 aromatic rings. The highest BCUT2D eigenvalue weighted by Gasteiger charge is 2.29. The van der Waals surface area contributed by atoms with Crippen molar-refractivity contribution < 1.29 is 0 Å². The van der Waals surface area contributed by atoms with Crippen molar-refractivity contribution in [1.29, 1.82) is 0 Å². The molecule has 86 valence electrons. The maximum Gasteiger partial charge on any atom is 0.134 e. The van der Waals surface area contributed by atoms with Crippen LogP contribution in [-0.2, 0) is 11.5 Å². The molecule has 0 atom stereocenters. The topological polar surface area (TPSA) is 37.8 Å². The number of nitrogens with one attached hydrogen (secondary N) is 1. The summed E-state index contributed by atoms with van der Waals surface area (Å²) in [5.74, 6) is 4.99. The standard InChI is InChI=1S/C12H17N3S/c1-2-5-13-12-9-6-16-7-10(9)14-11(15-12)8-3-4-8/h8H,2-7H2,1H3,(H,13,14,15). The van der Waals surface area contributed by atoms with E-state index in [1.165, 1.54) is 24.1 Å². The Balaban J connectivity index is 1.93. The monoisotopic (exact) mass is 235 g/mol. The Bertz CT molecular complexity index is 401. The van der Waals surface area contributed by atoms with Gasteiger partial charge >= 0.3 is 0 Å². The molecule has 0 amide bonds. The number of rotatable bonds is 4. The van der Waals surface area contributed by atoms with Gasteiger partial charge in [-0.05, 0) is 19.3 Å². The summed E-state index contributed by atoms with van der Waals surface area (Å²) < 4.78 is 0. The Morgan fingerprint density at radius 3 is 2.94 bits per heavy atom. The summed E-state index contributed by atoms with van der Waals surface area (Å²) in [6, 6.07) is 0. The number of hydrogen-bond donors (Lipinski definition) is 1. The van der Waals surface area contributed by atoms with Crippen LogP contribution < -0.4 is 5.32 Å². The van der Waals surface area contributed by atoms with Gasteiger partial charge in [-0.2, -0.15) is 11.8 Å². The minimum Gasteiger partial charge on any atom is -0.370 e. The summed E-state index contributed by atoms with van der Waals surface area (Å²) in [5.41, 5.74) is 2.63. The second kappa shape index (κ2) is 4.24. The molecule has 0 bridgehead atoms. The fourth-order valence-corrected chi connectivity index (χ4v) is 3.03. The van der Waals surface area contributed by atoms with Crippen LogP contribution >= 0.6 is 11.8 Å². The van der Waals surface area contributed by atoms with Gasteiger partial charge in [0.15, 0.2) is 0 Å². The molecule has 1 saturated carbocycles. The summed E-state index contributed by atoms with van der Waals surface area (Å²) in [5, 5.41) is 3.45. The third kappa shape index (κ3) is 1.90. The lowest BCUT2D eigenvalue weighted by molar-refractivity contribution is 0.881. The lowest BCUT2D eigenvalue weighted by Crippen LogP contribution is -2.09. The number of fused-ring (bicyclic) bond motifs is 1. The van der Waals surface area contributed by atoms with E-state index < -0.39 is 0 Å². The number of nitrogens with zero attached hydrogens (tertiary/aromatic N) is 2. The Kier molecular flexibility index (Phi) is 2.75. The fourth-order valence-electron chi connectivity index (χ4n) is 1.98. The minimum atomic E-state index is 0.651. The molecular weight excluding hydrogens is 218 g/mol. The molecule has 1 N–H and O–H groups in total. The van der Waals surface area contributed by atoms with E-state index in [1.807, 2.05) is 11.8 Å². The summed E-state index contributed by atoms with van der Waals surface area (Å²) in [7, 11) is 0. The molecule has 0 aromatic carbocycles. The second-order valence-electron chi connectivity index (χ2n) is 4.55. The number of hydrogen-bond acceptors (Lipinski definition) is 4. The molecule has 3 nitrogen and oxygen atoms in total.